The molecule has 1 aliphatic rings. The maximum atomic E-state index is 11.1. The summed E-state index contributed by atoms with van der Waals surface area (Å²) in [6, 6.07) is 0. The molecule has 0 aromatic carbocycles. The first-order valence-corrected chi connectivity index (χ1v) is 3.54. The fraction of sp³-hybridized carbons (Fsp3) is 0.714. The molecule has 4 heteroatoms. The largest absolute Gasteiger partial charge is 0.349 e. The molecule has 1 rings (SSSR count). The van der Waals surface area contributed by atoms with E-state index in [-0.39, 0.29) is 0 Å². The molecule has 0 radical (unpaired) electrons. The molecule has 0 amide bonds. The van der Waals surface area contributed by atoms with E-state index in [1.807, 2.05) is 0 Å². The van der Waals surface area contributed by atoms with Gasteiger partial charge >= 0.3 is 5.97 Å². The third kappa shape index (κ3) is 1.49. The van der Waals surface area contributed by atoms with Crippen LogP contribution in [0, 0.1) is 11.5 Å². The van der Waals surface area contributed by atoms with Crippen LogP contribution < -0.4 is 5.32 Å². The summed E-state index contributed by atoms with van der Waals surface area (Å²) in [5.41, 5.74) is -0.629. The highest BCUT2D eigenvalue weighted by molar-refractivity contribution is 5.81. The predicted molar refractivity (Wildman–Crippen MR) is 37.3 cm³/mol. The van der Waals surface area contributed by atoms with Crippen LogP contribution in [0.15, 0.2) is 0 Å². The maximum Gasteiger partial charge on any atom is 0.341 e. The number of nitriles is 1. The third-order valence-corrected chi connectivity index (χ3v) is 1.96. The van der Waals surface area contributed by atoms with Crippen LogP contribution in [0.5, 0.6) is 0 Å². The number of esters is 1. The number of nitrogens with zero attached hydrogens (tertiary/aromatic N) is 1. The zero-order chi connectivity index (χ0) is 8.32. The van der Waals surface area contributed by atoms with Crippen molar-refractivity contribution in [3.63, 3.8) is 0 Å². The van der Waals surface area contributed by atoms with Crippen LogP contribution in [0.1, 0.15) is 19.8 Å². The summed E-state index contributed by atoms with van der Waals surface area (Å²) < 4.78 is 4.23. The molecule has 1 unspecified atom stereocenters. The summed E-state index contributed by atoms with van der Waals surface area (Å²) in [6.45, 7) is 2.57. The van der Waals surface area contributed by atoms with Crippen molar-refractivity contribution in [1.82, 2.24) is 5.32 Å². The van der Waals surface area contributed by atoms with E-state index in [0.29, 0.717) is 0 Å². The lowest BCUT2D eigenvalue weighted by molar-refractivity contribution is -0.143. The molecule has 1 heterocycles. The van der Waals surface area contributed by atoms with Crippen LogP contribution in [0.3, 0.4) is 0 Å². The molecule has 4 nitrogen and oxygen atoms in total. The molecule has 0 spiro atoms. The van der Waals surface area contributed by atoms with Crippen LogP contribution >= 0.6 is 0 Å². The summed E-state index contributed by atoms with van der Waals surface area (Å²) in [6.07, 6.45) is 3.08. The van der Waals surface area contributed by atoms with Gasteiger partial charge < -0.3 is 10.1 Å². The Kier molecular flexibility index (Phi) is 2.11. The minimum atomic E-state index is -0.629. The van der Waals surface area contributed by atoms with Gasteiger partial charge in [0.2, 0.25) is 0 Å². The number of ether oxygens (including phenoxy) is 1. The zero-order valence-corrected chi connectivity index (χ0v) is 6.39. The highest BCUT2D eigenvalue weighted by atomic mass is 16.5. The minimum absolute atomic E-state index is 0.475. The molecular weight excluding hydrogens is 144 g/mol. The summed E-state index contributed by atoms with van der Waals surface area (Å²) in [7, 11) is 0. The van der Waals surface area contributed by atoms with Gasteiger partial charge in [-0.15, -0.1) is 5.26 Å². The van der Waals surface area contributed by atoms with Gasteiger partial charge in [-0.1, -0.05) is 0 Å². The van der Waals surface area contributed by atoms with Crippen molar-refractivity contribution < 1.29 is 9.53 Å². The first kappa shape index (κ1) is 8.02. The smallest absolute Gasteiger partial charge is 0.341 e. The summed E-state index contributed by atoms with van der Waals surface area (Å²) in [5, 5.41) is 11.1. The lowest BCUT2D eigenvalue weighted by atomic mass is 10.0. The van der Waals surface area contributed by atoms with Gasteiger partial charge in [0.25, 0.3) is 6.26 Å². The minimum Gasteiger partial charge on any atom is -0.349 e. The van der Waals surface area contributed by atoms with Gasteiger partial charge in [-0.05, 0) is 26.3 Å². The molecule has 1 saturated heterocycles. The zero-order valence-electron chi connectivity index (χ0n) is 6.39. The molecule has 60 valence electrons. The number of hydrogen-bond acceptors (Lipinski definition) is 4. The second kappa shape index (κ2) is 2.89. The summed E-state index contributed by atoms with van der Waals surface area (Å²) in [4.78, 5) is 11.1. The highest BCUT2D eigenvalue weighted by Gasteiger charge is 2.37. The molecule has 0 aromatic rings. The fourth-order valence-electron chi connectivity index (χ4n) is 1.22. The molecule has 1 atom stereocenters. The predicted octanol–water partition coefficient (Wildman–Crippen LogP) is 0.153. The fourth-order valence-corrected chi connectivity index (χ4v) is 1.22. The van der Waals surface area contributed by atoms with Crippen LogP contribution in [-0.2, 0) is 9.53 Å². The molecule has 0 saturated carbocycles. The molecule has 1 aliphatic heterocycles. The average Bonchev–Trinajstić information content (AvgIpc) is 2.38. The highest BCUT2D eigenvalue weighted by Crippen LogP contribution is 2.19. The van der Waals surface area contributed by atoms with E-state index >= 15 is 0 Å². The van der Waals surface area contributed by atoms with Crippen molar-refractivity contribution >= 4 is 5.97 Å². The lowest BCUT2D eigenvalue weighted by Crippen LogP contribution is -2.45. The second-order valence-electron chi connectivity index (χ2n) is 2.84. The van der Waals surface area contributed by atoms with Crippen molar-refractivity contribution in [2.45, 2.75) is 25.3 Å². The van der Waals surface area contributed by atoms with Crippen molar-refractivity contribution in [2.75, 3.05) is 6.54 Å². The molecule has 11 heavy (non-hydrogen) atoms. The Morgan fingerprint density at radius 2 is 2.55 bits per heavy atom. The van der Waals surface area contributed by atoms with Crippen molar-refractivity contribution in [3.05, 3.63) is 0 Å². The number of nitrogens with one attached hydrogen (secondary N) is 1. The summed E-state index contributed by atoms with van der Waals surface area (Å²) in [5.74, 6) is -0.475. The van der Waals surface area contributed by atoms with Crippen molar-refractivity contribution in [3.8, 4) is 6.26 Å². The van der Waals surface area contributed by atoms with E-state index in [9.17, 15) is 4.79 Å². The number of carbonyl (C=O) groups is 1. The van der Waals surface area contributed by atoms with Crippen LogP contribution in [0.4, 0.5) is 0 Å². The Hall–Kier alpha value is -1.08. The van der Waals surface area contributed by atoms with Gasteiger partial charge in [0, 0.05) is 0 Å². The van der Waals surface area contributed by atoms with Gasteiger partial charge in [0.1, 0.15) is 5.54 Å². The van der Waals surface area contributed by atoms with Crippen LogP contribution in [0.2, 0.25) is 0 Å². The Morgan fingerprint density at radius 3 is 3.00 bits per heavy atom. The first-order chi connectivity index (χ1) is 5.19. The van der Waals surface area contributed by atoms with Gasteiger partial charge in [-0.2, -0.15) is 0 Å². The van der Waals surface area contributed by atoms with Crippen molar-refractivity contribution in [1.29, 1.82) is 5.26 Å². The van der Waals surface area contributed by atoms with E-state index in [1.54, 1.807) is 6.92 Å². The van der Waals surface area contributed by atoms with Crippen molar-refractivity contribution in [2.24, 2.45) is 0 Å². The molecule has 0 aliphatic carbocycles. The van der Waals surface area contributed by atoms with E-state index in [4.69, 9.17) is 5.26 Å². The number of carbonyl (C=O) groups excluding carboxylic acids is 1. The van der Waals surface area contributed by atoms with Crippen LogP contribution in [-0.4, -0.2) is 18.1 Å². The van der Waals surface area contributed by atoms with Crippen LogP contribution in [0.25, 0.3) is 0 Å². The topological polar surface area (TPSA) is 62.1 Å². The lowest BCUT2D eigenvalue weighted by Gasteiger charge is -2.18. The molecular formula is C7H10N2O2. The summed E-state index contributed by atoms with van der Waals surface area (Å²) >= 11 is 0. The van der Waals surface area contributed by atoms with E-state index in [2.05, 4.69) is 10.1 Å². The van der Waals surface area contributed by atoms with Gasteiger partial charge in [0.15, 0.2) is 0 Å². The Bertz CT molecular complexity index is 201. The normalized spacial score (nSPS) is 29.5. The molecule has 1 fully saturated rings. The first-order valence-electron chi connectivity index (χ1n) is 3.54. The second-order valence-corrected chi connectivity index (χ2v) is 2.84. The Morgan fingerprint density at radius 1 is 1.82 bits per heavy atom. The standard InChI is InChI=1S/C7H10N2O2/c1-7(3-2-4-9-7)6(10)11-5-8/h9H,2-4H2,1H3. The van der Waals surface area contributed by atoms with E-state index in [1.165, 1.54) is 6.26 Å². The van der Waals surface area contributed by atoms with Gasteiger partial charge in [-0.25, -0.2) is 4.79 Å². The van der Waals surface area contributed by atoms with E-state index < -0.39 is 11.5 Å². The van der Waals surface area contributed by atoms with E-state index in [0.717, 1.165) is 19.4 Å². The maximum absolute atomic E-state index is 11.1. The third-order valence-electron chi connectivity index (χ3n) is 1.96. The Balaban J connectivity index is 2.58. The van der Waals surface area contributed by atoms with Gasteiger partial charge in [-0.3, -0.25) is 0 Å². The monoisotopic (exact) mass is 154 g/mol. The molecule has 0 bridgehead atoms. The number of hydrogen-bond donors (Lipinski definition) is 1. The molecule has 0 aromatic heterocycles. The van der Waals surface area contributed by atoms with Gasteiger partial charge in [0.05, 0.1) is 0 Å². The average molecular weight is 154 g/mol. The number of rotatable bonds is 1. The SMILES string of the molecule is CC1(C(=O)OC#N)CCCN1. The quantitative estimate of drug-likeness (QED) is 0.431. The Labute approximate surface area is 65.1 Å². The molecule has 1 N–H and O–H groups in total.